The van der Waals surface area contributed by atoms with E-state index in [0.717, 1.165) is 19.4 Å². The van der Waals surface area contributed by atoms with Gasteiger partial charge in [0.2, 0.25) is 0 Å². The summed E-state index contributed by atoms with van der Waals surface area (Å²) < 4.78 is 39.5. The van der Waals surface area contributed by atoms with E-state index < -0.39 is 10.0 Å². The lowest BCUT2D eigenvalue weighted by Crippen LogP contribution is -2.15. The number of nitrogens with zero attached hydrogens (tertiary/aromatic N) is 2. The zero-order chi connectivity index (χ0) is 16.3. The normalized spacial score (nSPS) is 18.0. The molecule has 124 valence electrons. The van der Waals surface area contributed by atoms with Crippen LogP contribution in [0, 0.1) is 0 Å². The molecule has 0 bridgehead atoms. The average Bonchev–Trinajstić information content (AvgIpc) is 3.20. The molecule has 1 aromatic carbocycles. The molecule has 0 aliphatic carbocycles. The summed E-state index contributed by atoms with van der Waals surface area (Å²) in [6.45, 7) is 1.41. The Morgan fingerprint density at radius 3 is 2.83 bits per heavy atom. The number of ether oxygens (including phenoxy) is 2. The van der Waals surface area contributed by atoms with Crippen molar-refractivity contribution in [3.05, 3.63) is 36.7 Å². The quantitative estimate of drug-likeness (QED) is 0.870. The molecule has 1 fully saturated rings. The Morgan fingerprint density at radius 2 is 2.17 bits per heavy atom. The predicted octanol–water partition coefficient (Wildman–Crippen LogP) is 1.87. The standard InChI is InChI=1S/C15H19N3O4S/c1-21-13-4-6-15(7-5-13)23(19,20)17-12-9-16-18(10-12)11-14-3-2-8-22-14/h4-7,9-10,14,17H,2-3,8,11H2,1H3. The van der Waals surface area contributed by atoms with Gasteiger partial charge in [0.05, 0.1) is 36.5 Å². The van der Waals surface area contributed by atoms with Crippen molar-refractivity contribution in [1.29, 1.82) is 0 Å². The summed E-state index contributed by atoms with van der Waals surface area (Å²) in [6.07, 6.45) is 5.38. The van der Waals surface area contributed by atoms with Crippen LogP contribution in [0.1, 0.15) is 12.8 Å². The molecule has 23 heavy (non-hydrogen) atoms. The van der Waals surface area contributed by atoms with Crippen molar-refractivity contribution < 1.29 is 17.9 Å². The number of rotatable bonds is 6. The number of benzene rings is 1. The maximum atomic E-state index is 12.3. The molecule has 1 unspecified atom stereocenters. The Bertz CT molecular complexity index is 749. The van der Waals surface area contributed by atoms with Crippen molar-refractivity contribution >= 4 is 15.7 Å². The average molecular weight is 337 g/mol. The van der Waals surface area contributed by atoms with Crippen LogP contribution >= 0.6 is 0 Å². The highest BCUT2D eigenvalue weighted by Gasteiger charge is 2.18. The minimum Gasteiger partial charge on any atom is -0.497 e. The van der Waals surface area contributed by atoms with Crippen LogP contribution in [0.25, 0.3) is 0 Å². The maximum Gasteiger partial charge on any atom is 0.261 e. The fourth-order valence-electron chi connectivity index (χ4n) is 2.48. The van der Waals surface area contributed by atoms with Gasteiger partial charge in [0.15, 0.2) is 0 Å². The van der Waals surface area contributed by atoms with Gasteiger partial charge < -0.3 is 9.47 Å². The molecule has 1 aromatic heterocycles. The van der Waals surface area contributed by atoms with E-state index in [1.807, 2.05) is 0 Å². The van der Waals surface area contributed by atoms with Crippen LogP contribution in [0.2, 0.25) is 0 Å². The van der Waals surface area contributed by atoms with E-state index in [4.69, 9.17) is 9.47 Å². The Labute approximate surface area is 135 Å². The van der Waals surface area contributed by atoms with Crippen LogP contribution in [0.3, 0.4) is 0 Å². The molecule has 0 saturated carbocycles. The largest absolute Gasteiger partial charge is 0.497 e. The number of sulfonamides is 1. The van der Waals surface area contributed by atoms with Crippen molar-refractivity contribution in [1.82, 2.24) is 9.78 Å². The molecule has 0 radical (unpaired) electrons. The predicted molar refractivity (Wildman–Crippen MR) is 85.0 cm³/mol. The van der Waals surface area contributed by atoms with Gasteiger partial charge in [0.25, 0.3) is 10.0 Å². The summed E-state index contributed by atoms with van der Waals surface area (Å²) in [5.74, 6) is 0.605. The molecule has 7 nitrogen and oxygen atoms in total. The molecular weight excluding hydrogens is 318 g/mol. The Hall–Kier alpha value is -2.06. The van der Waals surface area contributed by atoms with E-state index in [-0.39, 0.29) is 11.0 Å². The first-order valence-electron chi connectivity index (χ1n) is 7.38. The molecule has 8 heteroatoms. The molecule has 2 aromatic rings. The molecule has 1 atom stereocenters. The molecular formula is C15H19N3O4S. The van der Waals surface area contributed by atoms with E-state index in [1.54, 1.807) is 23.0 Å². The zero-order valence-corrected chi connectivity index (χ0v) is 13.6. The fraction of sp³-hybridized carbons (Fsp3) is 0.400. The van der Waals surface area contributed by atoms with E-state index in [1.165, 1.54) is 25.4 Å². The van der Waals surface area contributed by atoms with E-state index in [9.17, 15) is 8.42 Å². The van der Waals surface area contributed by atoms with Crippen molar-refractivity contribution in [2.24, 2.45) is 0 Å². The first-order valence-corrected chi connectivity index (χ1v) is 8.86. The van der Waals surface area contributed by atoms with Gasteiger partial charge in [0, 0.05) is 12.8 Å². The van der Waals surface area contributed by atoms with Crippen molar-refractivity contribution in [2.75, 3.05) is 18.4 Å². The fourth-order valence-corrected chi connectivity index (χ4v) is 3.51. The second kappa shape index (κ2) is 6.59. The second-order valence-electron chi connectivity index (χ2n) is 5.37. The van der Waals surface area contributed by atoms with Gasteiger partial charge >= 0.3 is 0 Å². The summed E-state index contributed by atoms with van der Waals surface area (Å²) in [5.41, 5.74) is 0.429. The first-order chi connectivity index (χ1) is 11.1. The van der Waals surface area contributed by atoms with Gasteiger partial charge in [-0.3, -0.25) is 9.40 Å². The maximum absolute atomic E-state index is 12.3. The van der Waals surface area contributed by atoms with Crippen LogP contribution in [0.4, 0.5) is 5.69 Å². The van der Waals surface area contributed by atoms with E-state index in [0.29, 0.717) is 18.0 Å². The molecule has 1 N–H and O–H groups in total. The van der Waals surface area contributed by atoms with Crippen molar-refractivity contribution in [3.8, 4) is 5.75 Å². The SMILES string of the molecule is COc1ccc(S(=O)(=O)Nc2cnn(CC3CCCO3)c2)cc1. The zero-order valence-electron chi connectivity index (χ0n) is 12.8. The second-order valence-corrected chi connectivity index (χ2v) is 7.05. The third-order valence-electron chi connectivity index (χ3n) is 3.67. The molecule has 1 aliphatic heterocycles. The van der Waals surface area contributed by atoms with E-state index >= 15 is 0 Å². The highest BCUT2D eigenvalue weighted by molar-refractivity contribution is 7.92. The smallest absolute Gasteiger partial charge is 0.261 e. The van der Waals surface area contributed by atoms with E-state index in [2.05, 4.69) is 9.82 Å². The number of hydrogen-bond acceptors (Lipinski definition) is 5. The number of aromatic nitrogens is 2. The number of hydrogen-bond donors (Lipinski definition) is 1. The van der Waals surface area contributed by atoms with Gasteiger partial charge in [-0.05, 0) is 37.1 Å². The minimum absolute atomic E-state index is 0.154. The lowest BCUT2D eigenvalue weighted by atomic mass is 10.2. The van der Waals surface area contributed by atoms with Gasteiger partial charge in [0.1, 0.15) is 5.75 Å². The van der Waals surface area contributed by atoms with Crippen LogP contribution in [-0.2, 0) is 21.3 Å². The summed E-state index contributed by atoms with van der Waals surface area (Å²) in [5, 5.41) is 4.17. The third-order valence-corrected chi connectivity index (χ3v) is 5.07. The number of nitrogens with one attached hydrogen (secondary N) is 1. The summed E-state index contributed by atoms with van der Waals surface area (Å²) in [4.78, 5) is 0.171. The summed E-state index contributed by atoms with van der Waals surface area (Å²) in [6, 6.07) is 6.21. The van der Waals surface area contributed by atoms with Crippen LogP contribution < -0.4 is 9.46 Å². The summed E-state index contributed by atoms with van der Waals surface area (Å²) >= 11 is 0. The first kappa shape index (κ1) is 15.8. The third kappa shape index (κ3) is 3.83. The Kier molecular flexibility index (Phi) is 4.53. The number of anilines is 1. The van der Waals surface area contributed by atoms with Gasteiger partial charge in [-0.1, -0.05) is 0 Å². The van der Waals surface area contributed by atoms with Crippen molar-refractivity contribution in [2.45, 2.75) is 30.4 Å². The monoisotopic (exact) mass is 337 g/mol. The lowest BCUT2D eigenvalue weighted by Gasteiger charge is -2.09. The Balaban J connectivity index is 1.68. The number of methoxy groups -OCH3 is 1. The topological polar surface area (TPSA) is 82.5 Å². The van der Waals surface area contributed by atoms with Gasteiger partial charge in [-0.2, -0.15) is 5.10 Å². The molecule has 1 saturated heterocycles. The van der Waals surface area contributed by atoms with Crippen LogP contribution in [0.15, 0.2) is 41.6 Å². The highest BCUT2D eigenvalue weighted by atomic mass is 32.2. The highest BCUT2D eigenvalue weighted by Crippen LogP contribution is 2.19. The molecule has 3 rings (SSSR count). The molecule has 0 spiro atoms. The van der Waals surface area contributed by atoms with Crippen molar-refractivity contribution in [3.63, 3.8) is 0 Å². The molecule has 2 heterocycles. The van der Waals surface area contributed by atoms with Crippen LogP contribution in [-0.4, -0.2) is 38.0 Å². The molecule has 0 amide bonds. The van der Waals surface area contributed by atoms with Gasteiger partial charge in [-0.25, -0.2) is 8.42 Å². The van der Waals surface area contributed by atoms with Gasteiger partial charge in [-0.15, -0.1) is 0 Å². The minimum atomic E-state index is -3.64. The Morgan fingerprint density at radius 1 is 1.39 bits per heavy atom. The lowest BCUT2D eigenvalue weighted by molar-refractivity contribution is 0.0940. The molecule has 1 aliphatic rings. The van der Waals surface area contributed by atoms with Crippen LogP contribution in [0.5, 0.6) is 5.75 Å². The summed E-state index contributed by atoms with van der Waals surface area (Å²) in [7, 11) is -2.11.